The summed E-state index contributed by atoms with van der Waals surface area (Å²) in [6.07, 6.45) is 0. The van der Waals surface area contributed by atoms with Gasteiger partial charge in [-0.25, -0.2) is 4.79 Å². The Morgan fingerprint density at radius 3 is 2.39 bits per heavy atom. The Balaban J connectivity index is 2.05. The monoisotopic (exact) mass is 320 g/mol. The molecule has 0 heterocycles. The molecule has 0 N–H and O–H groups in total. The van der Waals surface area contributed by atoms with Gasteiger partial charge in [-0.05, 0) is 34.3 Å². The number of rotatable bonds is 1. The number of ether oxygens (including phenoxy) is 1. The third kappa shape index (κ3) is 2.06. The van der Waals surface area contributed by atoms with Crippen molar-refractivity contribution in [1.82, 2.24) is 0 Å². The van der Waals surface area contributed by atoms with Crippen LogP contribution >= 0.6 is 11.8 Å². The molecule has 0 fully saturated rings. The Labute approximate surface area is 137 Å². The molecule has 23 heavy (non-hydrogen) atoms. The summed E-state index contributed by atoms with van der Waals surface area (Å²) >= 11 is 1.04. The lowest BCUT2D eigenvalue weighted by Gasteiger charge is -2.20. The predicted molar refractivity (Wildman–Crippen MR) is 91.1 cm³/mol. The summed E-state index contributed by atoms with van der Waals surface area (Å²) in [5.74, 6) is 0.0268. The Morgan fingerprint density at radius 2 is 1.61 bits per heavy atom. The van der Waals surface area contributed by atoms with Gasteiger partial charge in [0.05, 0.1) is 7.11 Å². The van der Waals surface area contributed by atoms with Gasteiger partial charge in [-0.2, -0.15) is 0 Å². The number of hydrogen-bond acceptors (Lipinski definition) is 4. The van der Waals surface area contributed by atoms with Gasteiger partial charge in [-0.15, -0.1) is 0 Å². The third-order valence-electron chi connectivity index (χ3n) is 4.07. The Hall–Kier alpha value is -2.59. The van der Waals surface area contributed by atoms with Crippen molar-refractivity contribution in [2.75, 3.05) is 7.11 Å². The Bertz CT molecular complexity index is 976. The molecular formula is C19H12O3S. The molecule has 1 aliphatic rings. The van der Waals surface area contributed by atoms with Gasteiger partial charge in [-0.3, -0.25) is 4.79 Å². The molecule has 4 rings (SSSR count). The number of thioether (sulfide) groups is 1. The highest BCUT2D eigenvalue weighted by Crippen LogP contribution is 2.42. The van der Waals surface area contributed by atoms with Crippen molar-refractivity contribution in [3.05, 3.63) is 65.7 Å². The largest absolute Gasteiger partial charge is 0.461 e. The molecule has 3 aromatic carbocycles. The first-order valence-corrected chi connectivity index (χ1v) is 7.98. The Kier molecular flexibility index (Phi) is 3.20. The molecule has 0 bridgehead atoms. The molecule has 3 aromatic rings. The van der Waals surface area contributed by atoms with Crippen LogP contribution in [0.15, 0.2) is 59.5 Å². The molecular weight excluding hydrogens is 308 g/mol. The van der Waals surface area contributed by atoms with Crippen molar-refractivity contribution in [3.63, 3.8) is 0 Å². The maximum Gasteiger partial charge on any atom is 0.371 e. The molecule has 0 unspecified atom stereocenters. The Morgan fingerprint density at radius 1 is 0.870 bits per heavy atom. The highest BCUT2D eigenvalue weighted by Gasteiger charge is 2.25. The summed E-state index contributed by atoms with van der Waals surface area (Å²) in [6.45, 7) is 0. The fraction of sp³-hybridized carbons (Fsp3) is 0.0526. The average molecular weight is 320 g/mol. The number of carbonyl (C=O) groups is 2. The zero-order valence-electron chi connectivity index (χ0n) is 12.3. The molecule has 0 saturated heterocycles. The third-order valence-corrected chi connectivity index (χ3v) is 4.98. The molecule has 4 heteroatoms. The number of hydrogen-bond donors (Lipinski definition) is 0. The van der Waals surface area contributed by atoms with Crippen LogP contribution in [-0.2, 0) is 4.74 Å². The van der Waals surface area contributed by atoms with Gasteiger partial charge in [0.15, 0.2) is 5.78 Å². The molecule has 0 atom stereocenters. The number of fused-ring (bicyclic) bond motifs is 2. The van der Waals surface area contributed by atoms with Crippen molar-refractivity contribution in [1.29, 1.82) is 0 Å². The molecule has 3 nitrogen and oxygen atoms in total. The van der Waals surface area contributed by atoms with Crippen molar-refractivity contribution in [2.24, 2.45) is 0 Å². The zero-order chi connectivity index (χ0) is 16.0. The van der Waals surface area contributed by atoms with Gasteiger partial charge in [0, 0.05) is 21.4 Å². The van der Waals surface area contributed by atoms with Gasteiger partial charge < -0.3 is 4.74 Å². The SMILES string of the molecule is COC(=O)Sc1ccc2c3c(cccc13)C(=O)c1ccccc1-2. The number of benzene rings is 3. The van der Waals surface area contributed by atoms with E-state index in [0.717, 1.165) is 44.1 Å². The van der Waals surface area contributed by atoms with Crippen LogP contribution in [0.2, 0.25) is 0 Å². The van der Waals surface area contributed by atoms with E-state index in [1.54, 1.807) is 0 Å². The first kappa shape index (κ1) is 14.0. The zero-order valence-corrected chi connectivity index (χ0v) is 13.1. The van der Waals surface area contributed by atoms with Crippen molar-refractivity contribution >= 4 is 33.6 Å². The summed E-state index contributed by atoms with van der Waals surface area (Å²) in [5.41, 5.74) is 3.38. The van der Waals surface area contributed by atoms with Crippen LogP contribution in [0.25, 0.3) is 21.9 Å². The van der Waals surface area contributed by atoms with Crippen LogP contribution < -0.4 is 0 Å². The molecule has 0 amide bonds. The van der Waals surface area contributed by atoms with Crippen LogP contribution in [0.5, 0.6) is 0 Å². The fourth-order valence-corrected chi connectivity index (χ4v) is 3.75. The smallest absolute Gasteiger partial charge is 0.371 e. The first-order valence-electron chi connectivity index (χ1n) is 7.16. The van der Waals surface area contributed by atoms with Gasteiger partial charge in [0.2, 0.25) is 0 Å². The summed E-state index contributed by atoms with van der Waals surface area (Å²) in [4.78, 5) is 25.2. The molecule has 0 aliphatic heterocycles. The summed E-state index contributed by atoms with van der Waals surface area (Å²) in [6, 6.07) is 17.2. The van der Waals surface area contributed by atoms with Crippen LogP contribution in [0.1, 0.15) is 15.9 Å². The topological polar surface area (TPSA) is 43.4 Å². The van der Waals surface area contributed by atoms with Gasteiger partial charge in [0.1, 0.15) is 0 Å². The maximum absolute atomic E-state index is 12.8. The highest BCUT2D eigenvalue weighted by atomic mass is 32.2. The van der Waals surface area contributed by atoms with Crippen LogP contribution in [-0.4, -0.2) is 18.2 Å². The van der Waals surface area contributed by atoms with E-state index >= 15 is 0 Å². The molecule has 0 radical (unpaired) electrons. The predicted octanol–water partition coefficient (Wildman–Crippen LogP) is 4.91. The van der Waals surface area contributed by atoms with Crippen LogP contribution in [0.4, 0.5) is 4.79 Å². The van der Waals surface area contributed by atoms with Crippen LogP contribution in [0, 0.1) is 0 Å². The highest BCUT2D eigenvalue weighted by molar-refractivity contribution is 8.13. The summed E-state index contributed by atoms with van der Waals surface area (Å²) in [7, 11) is 1.36. The lowest BCUT2D eigenvalue weighted by atomic mass is 9.83. The lowest BCUT2D eigenvalue weighted by molar-refractivity contribution is 0.104. The second-order valence-corrected chi connectivity index (χ2v) is 6.25. The van der Waals surface area contributed by atoms with E-state index < -0.39 is 0 Å². The maximum atomic E-state index is 12.8. The van der Waals surface area contributed by atoms with E-state index in [9.17, 15) is 9.59 Å². The number of ketones is 1. The first-order chi connectivity index (χ1) is 11.2. The minimum atomic E-state index is -0.367. The molecule has 1 aliphatic carbocycles. The van der Waals surface area contributed by atoms with E-state index in [1.165, 1.54) is 7.11 Å². The van der Waals surface area contributed by atoms with E-state index in [2.05, 4.69) is 0 Å². The second-order valence-electron chi connectivity index (χ2n) is 5.27. The second kappa shape index (κ2) is 5.25. The van der Waals surface area contributed by atoms with E-state index in [1.807, 2.05) is 54.6 Å². The van der Waals surface area contributed by atoms with Crippen molar-refractivity contribution in [2.45, 2.75) is 4.90 Å². The molecule has 0 saturated carbocycles. The number of carbonyl (C=O) groups excluding carboxylic acids is 2. The minimum absolute atomic E-state index is 0.0268. The quantitative estimate of drug-likeness (QED) is 0.369. The molecule has 0 aromatic heterocycles. The van der Waals surface area contributed by atoms with Crippen LogP contribution in [0.3, 0.4) is 0 Å². The van der Waals surface area contributed by atoms with Gasteiger partial charge >= 0.3 is 5.30 Å². The van der Waals surface area contributed by atoms with Crippen molar-refractivity contribution < 1.29 is 14.3 Å². The normalized spacial score (nSPS) is 12.1. The van der Waals surface area contributed by atoms with E-state index in [-0.39, 0.29) is 11.1 Å². The number of methoxy groups -OCH3 is 1. The van der Waals surface area contributed by atoms with Crippen molar-refractivity contribution in [3.8, 4) is 11.1 Å². The standard InChI is InChI=1S/C19H12O3S/c1-22-19(21)23-16-10-9-12-11-5-2-3-6-13(11)18(20)15-8-4-7-14(16)17(12)15/h2-10H,1H3. The fourth-order valence-electron chi connectivity index (χ4n) is 3.08. The minimum Gasteiger partial charge on any atom is -0.461 e. The summed E-state index contributed by atoms with van der Waals surface area (Å²) < 4.78 is 4.74. The summed E-state index contributed by atoms with van der Waals surface area (Å²) in [5, 5.41) is 1.44. The lowest BCUT2D eigenvalue weighted by Crippen LogP contribution is -2.09. The van der Waals surface area contributed by atoms with Gasteiger partial charge in [-0.1, -0.05) is 48.5 Å². The van der Waals surface area contributed by atoms with Gasteiger partial charge in [0.25, 0.3) is 0 Å². The molecule has 112 valence electrons. The molecule has 0 spiro atoms. The average Bonchev–Trinajstić information content (AvgIpc) is 2.60. The van der Waals surface area contributed by atoms with E-state index in [4.69, 9.17) is 4.74 Å². The van der Waals surface area contributed by atoms with E-state index in [0.29, 0.717) is 5.56 Å².